The smallest absolute Gasteiger partial charge is 0.230 e. The van der Waals surface area contributed by atoms with Crippen LogP contribution in [0.25, 0.3) is 0 Å². The van der Waals surface area contributed by atoms with Crippen molar-refractivity contribution in [1.82, 2.24) is 15.5 Å². The Labute approximate surface area is 161 Å². The van der Waals surface area contributed by atoms with Gasteiger partial charge in [-0.3, -0.25) is 4.79 Å². The molecule has 134 valence electrons. The Kier molecular flexibility index (Phi) is 6.25. The second-order valence-corrected chi connectivity index (χ2v) is 8.00. The molecule has 7 heteroatoms. The third-order valence-corrected chi connectivity index (χ3v) is 5.88. The van der Waals surface area contributed by atoms with Crippen LogP contribution >= 0.6 is 23.1 Å². The predicted molar refractivity (Wildman–Crippen MR) is 108 cm³/mol. The first-order valence-electron chi connectivity index (χ1n) is 8.22. The Morgan fingerprint density at radius 2 is 1.88 bits per heavy atom. The summed E-state index contributed by atoms with van der Waals surface area (Å²) in [7, 11) is 0. The molecule has 1 amide bonds. The Bertz CT molecular complexity index is 880. The van der Waals surface area contributed by atoms with Crippen LogP contribution < -0.4 is 10.6 Å². The van der Waals surface area contributed by atoms with Gasteiger partial charge in [-0.2, -0.15) is 0 Å². The number of aromatic nitrogens is 2. The summed E-state index contributed by atoms with van der Waals surface area (Å²) in [5, 5.41) is 15.2. The third kappa shape index (κ3) is 5.06. The zero-order valence-corrected chi connectivity index (χ0v) is 16.3. The van der Waals surface area contributed by atoms with Gasteiger partial charge in [0.15, 0.2) is 4.34 Å². The molecule has 0 aliphatic rings. The molecule has 0 spiro atoms. The van der Waals surface area contributed by atoms with Crippen LogP contribution in [0.2, 0.25) is 0 Å². The van der Waals surface area contributed by atoms with E-state index in [0.717, 1.165) is 20.7 Å². The number of hydrogen-bond donors (Lipinski definition) is 2. The van der Waals surface area contributed by atoms with Crippen LogP contribution in [0, 0.1) is 13.8 Å². The number of anilines is 2. The Balaban J connectivity index is 1.49. The summed E-state index contributed by atoms with van der Waals surface area (Å²) in [6.45, 7) is 4.69. The number of hydrogen-bond acceptors (Lipinski definition) is 6. The highest BCUT2D eigenvalue weighted by atomic mass is 32.2. The molecule has 0 saturated carbocycles. The number of thioether (sulfide) groups is 1. The quantitative estimate of drug-likeness (QED) is 0.594. The van der Waals surface area contributed by atoms with E-state index in [1.54, 1.807) is 0 Å². The van der Waals surface area contributed by atoms with Gasteiger partial charge in [-0.1, -0.05) is 65.6 Å². The molecule has 0 radical (unpaired) electrons. The maximum atomic E-state index is 12.0. The van der Waals surface area contributed by atoms with E-state index in [9.17, 15) is 4.79 Å². The summed E-state index contributed by atoms with van der Waals surface area (Å²) >= 11 is 2.84. The van der Waals surface area contributed by atoms with Crippen LogP contribution in [0.5, 0.6) is 0 Å². The van der Waals surface area contributed by atoms with Gasteiger partial charge in [0.25, 0.3) is 0 Å². The number of aryl methyl sites for hydroxylation is 1. The third-order valence-electron chi connectivity index (χ3n) is 3.91. The number of nitrogens with zero attached hydrogens (tertiary/aromatic N) is 2. The number of carbonyl (C=O) groups excluding carboxylic acids is 1. The molecule has 0 unspecified atom stereocenters. The van der Waals surface area contributed by atoms with Crippen molar-refractivity contribution in [2.75, 3.05) is 11.1 Å². The first-order valence-corrected chi connectivity index (χ1v) is 10.0. The normalized spacial score (nSPS) is 10.5. The van der Waals surface area contributed by atoms with Gasteiger partial charge in [0.05, 0.1) is 5.75 Å². The summed E-state index contributed by atoms with van der Waals surface area (Å²) in [4.78, 5) is 12.0. The molecule has 0 atom stereocenters. The lowest BCUT2D eigenvalue weighted by Gasteiger charge is -2.08. The van der Waals surface area contributed by atoms with Crippen LogP contribution in [0.1, 0.15) is 16.7 Å². The summed E-state index contributed by atoms with van der Waals surface area (Å²) in [6.07, 6.45) is 0. The van der Waals surface area contributed by atoms with Crippen LogP contribution in [-0.4, -0.2) is 21.9 Å². The van der Waals surface area contributed by atoms with Gasteiger partial charge in [0, 0.05) is 12.2 Å². The van der Waals surface area contributed by atoms with Crippen molar-refractivity contribution in [2.24, 2.45) is 0 Å². The van der Waals surface area contributed by atoms with E-state index in [1.807, 2.05) is 42.5 Å². The zero-order chi connectivity index (χ0) is 18.4. The lowest BCUT2D eigenvalue weighted by Crippen LogP contribution is -2.24. The Morgan fingerprint density at radius 3 is 2.69 bits per heavy atom. The molecular formula is C19H20N4OS2. The number of amides is 1. The summed E-state index contributed by atoms with van der Waals surface area (Å²) in [6, 6.07) is 16.0. The zero-order valence-electron chi connectivity index (χ0n) is 14.7. The highest BCUT2D eigenvalue weighted by Gasteiger charge is 2.09. The fourth-order valence-corrected chi connectivity index (χ4v) is 3.89. The maximum absolute atomic E-state index is 12.0. The Hall–Kier alpha value is -2.38. The van der Waals surface area contributed by atoms with E-state index in [1.165, 1.54) is 34.2 Å². The molecular weight excluding hydrogens is 364 g/mol. The second kappa shape index (κ2) is 8.82. The number of carbonyl (C=O) groups is 1. The summed E-state index contributed by atoms with van der Waals surface area (Å²) < 4.78 is 0.771. The van der Waals surface area contributed by atoms with Gasteiger partial charge >= 0.3 is 0 Å². The summed E-state index contributed by atoms with van der Waals surface area (Å²) in [5.41, 5.74) is 4.53. The molecule has 5 nitrogen and oxygen atoms in total. The molecule has 1 heterocycles. The van der Waals surface area contributed by atoms with Crippen LogP contribution in [0.4, 0.5) is 10.8 Å². The van der Waals surface area contributed by atoms with E-state index < -0.39 is 0 Å². The predicted octanol–water partition coefficient (Wildman–Crippen LogP) is 4.31. The lowest BCUT2D eigenvalue weighted by molar-refractivity contribution is -0.118. The van der Waals surface area contributed by atoms with Crippen molar-refractivity contribution >= 4 is 39.8 Å². The molecule has 26 heavy (non-hydrogen) atoms. The van der Waals surface area contributed by atoms with Gasteiger partial charge in [0.2, 0.25) is 11.0 Å². The van der Waals surface area contributed by atoms with Gasteiger partial charge in [0.1, 0.15) is 0 Å². The van der Waals surface area contributed by atoms with Crippen molar-refractivity contribution in [2.45, 2.75) is 24.7 Å². The molecule has 2 aromatic carbocycles. The second-order valence-electron chi connectivity index (χ2n) is 5.80. The van der Waals surface area contributed by atoms with E-state index in [-0.39, 0.29) is 5.91 Å². The molecule has 0 aliphatic carbocycles. The van der Waals surface area contributed by atoms with Crippen molar-refractivity contribution < 1.29 is 4.79 Å². The molecule has 2 N–H and O–H groups in total. The first kappa shape index (κ1) is 18.4. The van der Waals surface area contributed by atoms with Crippen molar-refractivity contribution in [3.05, 3.63) is 65.2 Å². The van der Waals surface area contributed by atoms with Crippen LogP contribution in [0.3, 0.4) is 0 Å². The highest BCUT2D eigenvalue weighted by molar-refractivity contribution is 8.01. The van der Waals surface area contributed by atoms with E-state index in [0.29, 0.717) is 12.3 Å². The lowest BCUT2D eigenvalue weighted by atomic mass is 10.1. The minimum atomic E-state index is -0.0157. The molecule has 0 fully saturated rings. The van der Waals surface area contributed by atoms with E-state index in [2.05, 4.69) is 40.7 Å². The monoisotopic (exact) mass is 384 g/mol. The number of benzene rings is 2. The largest absolute Gasteiger partial charge is 0.351 e. The topological polar surface area (TPSA) is 66.9 Å². The average Bonchev–Trinajstić information content (AvgIpc) is 3.10. The van der Waals surface area contributed by atoms with Gasteiger partial charge in [-0.25, -0.2) is 0 Å². The fraction of sp³-hybridized carbons (Fsp3) is 0.211. The number of rotatable bonds is 7. The molecule has 3 rings (SSSR count). The molecule has 0 saturated heterocycles. The van der Waals surface area contributed by atoms with E-state index in [4.69, 9.17) is 0 Å². The SMILES string of the molecule is Cc1cccc(Nc2nnc(SCC(=O)NCc3ccccc3)s2)c1C. The van der Waals surface area contributed by atoms with Crippen molar-refractivity contribution in [3.8, 4) is 0 Å². The molecule has 0 aliphatic heterocycles. The molecule has 1 aromatic heterocycles. The van der Waals surface area contributed by atoms with Crippen LogP contribution in [0.15, 0.2) is 52.9 Å². The minimum absolute atomic E-state index is 0.0157. The van der Waals surface area contributed by atoms with Crippen molar-refractivity contribution in [1.29, 1.82) is 0 Å². The van der Waals surface area contributed by atoms with Crippen molar-refractivity contribution in [3.63, 3.8) is 0 Å². The fourth-order valence-electron chi connectivity index (χ4n) is 2.30. The standard InChI is InChI=1S/C19H20N4OS2/c1-13-7-6-10-16(14(13)2)21-18-22-23-19(26-18)25-12-17(24)20-11-15-8-4-3-5-9-15/h3-10H,11-12H2,1-2H3,(H,20,24)(H,21,22). The van der Waals surface area contributed by atoms with Gasteiger partial charge < -0.3 is 10.6 Å². The number of nitrogens with one attached hydrogen (secondary N) is 2. The van der Waals surface area contributed by atoms with E-state index >= 15 is 0 Å². The summed E-state index contributed by atoms with van der Waals surface area (Å²) in [5.74, 6) is 0.309. The van der Waals surface area contributed by atoms with Crippen LogP contribution in [-0.2, 0) is 11.3 Å². The average molecular weight is 385 g/mol. The highest BCUT2D eigenvalue weighted by Crippen LogP contribution is 2.29. The van der Waals surface area contributed by atoms with Gasteiger partial charge in [-0.05, 0) is 36.6 Å². The minimum Gasteiger partial charge on any atom is -0.351 e. The van der Waals surface area contributed by atoms with Gasteiger partial charge in [-0.15, -0.1) is 10.2 Å². The Morgan fingerprint density at radius 1 is 1.08 bits per heavy atom. The molecule has 0 bridgehead atoms. The maximum Gasteiger partial charge on any atom is 0.230 e. The molecule has 3 aromatic rings. The first-order chi connectivity index (χ1) is 12.6.